The Labute approximate surface area is 99.5 Å². The van der Waals surface area contributed by atoms with Crippen molar-refractivity contribution >= 4 is 17.3 Å². The van der Waals surface area contributed by atoms with E-state index in [4.69, 9.17) is 5.73 Å². The molecular formula is C13H13N3O. The number of rotatable bonds is 2. The first-order valence-electron chi connectivity index (χ1n) is 5.25. The van der Waals surface area contributed by atoms with Crippen LogP contribution in [0.3, 0.4) is 0 Å². The fraction of sp³-hybridized carbons (Fsp3) is 0.0769. The molecule has 4 nitrogen and oxygen atoms in total. The highest BCUT2D eigenvalue weighted by atomic mass is 16.1. The molecule has 0 spiro atoms. The van der Waals surface area contributed by atoms with Gasteiger partial charge in [0.1, 0.15) is 5.69 Å². The van der Waals surface area contributed by atoms with E-state index in [2.05, 4.69) is 10.3 Å². The second-order valence-electron chi connectivity index (χ2n) is 3.74. The smallest absolute Gasteiger partial charge is 0.274 e. The Morgan fingerprint density at radius 3 is 2.76 bits per heavy atom. The summed E-state index contributed by atoms with van der Waals surface area (Å²) in [6, 6.07) is 10.6. The van der Waals surface area contributed by atoms with E-state index >= 15 is 0 Å². The van der Waals surface area contributed by atoms with E-state index in [0.29, 0.717) is 11.4 Å². The maximum atomic E-state index is 11.8. The first kappa shape index (κ1) is 11.1. The molecule has 0 atom stereocenters. The van der Waals surface area contributed by atoms with E-state index < -0.39 is 0 Å². The predicted molar refractivity (Wildman–Crippen MR) is 67.8 cm³/mol. The number of hydrogen-bond acceptors (Lipinski definition) is 3. The molecule has 0 radical (unpaired) electrons. The van der Waals surface area contributed by atoms with Gasteiger partial charge in [-0.1, -0.05) is 6.07 Å². The van der Waals surface area contributed by atoms with Crippen LogP contribution in [0.4, 0.5) is 11.4 Å². The number of pyridine rings is 1. The number of aryl methyl sites for hydroxylation is 1. The average Bonchev–Trinajstić information content (AvgIpc) is 2.34. The van der Waals surface area contributed by atoms with Crippen LogP contribution in [-0.4, -0.2) is 10.9 Å². The third kappa shape index (κ3) is 2.60. The van der Waals surface area contributed by atoms with Gasteiger partial charge in [0.25, 0.3) is 5.91 Å². The summed E-state index contributed by atoms with van der Waals surface area (Å²) < 4.78 is 0. The topological polar surface area (TPSA) is 68.0 Å². The number of nitrogens with zero attached hydrogens (tertiary/aromatic N) is 1. The summed E-state index contributed by atoms with van der Waals surface area (Å²) in [5.41, 5.74) is 8.39. The lowest BCUT2D eigenvalue weighted by Gasteiger charge is -2.08. The molecule has 2 rings (SSSR count). The van der Waals surface area contributed by atoms with Gasteiger partial charge in [0.05, 0.1) is 0 Å². The predicted octanol–water partition coefficient (Wildman–Crippen LogP) is 2.22. The minimum Gasteiger partial charge on any atom is -0.399 e. The van der Waals surface area contributed by atoms with Crippen LogP contribution in [0.1, 0.15) is 16.1 Å². The lowest BCUT2D eigenvalue weighted by atomic mass is 10.1. The minimum atomic E-state index is -0.224. The molecule has 3 N–H and O–H groups in total. The molecule has 4 heteroatoms. The number of hydrogen-bond donors (Lipinski definition) is 2. The molecule has 0 fully saturated rings. The van der Waals surface area contributed by atoms with Crippen LogP contribution in [0.25, 0.3) is 0 Å². The number of nitrogens with two attached hydrogens (primary N) is 1. The molecule has 1 heterocycles. The monoisotopic (exact) mass is 227 g/mol. The van der Waals surface area contributed by atoms with Crippen molar-refractivity contribution in [3.05, 3.63) is 53.9 Å². The Morgan fingerprint density at radius 1 is 1.29 bits per heavy atom. The zero-order chi connectivity index (χ0) is 12.3. The molecule has 0 saturated heterocycles. The first-order valence-corrected chi connectivity index (χ1v) is 5.25. The Bertz CT molecular complexity index is 538. The number of nitrogens with one attached hydrogen (secondary N) is 1. The molecule has 0 saturated carbocycles. The van der Waals surface area contributed by atoms with E-state index in [1.807, 2.05) is 13.0 Å². The lowest BCUT2D eigenvalue weighted by molar-refractivity contribution is 0.102. The van der Waals surface area contributed by atoms with Crippen LogP contribution in [0.2, 0.25) is 0 Å². The second-order valence-corrected chi connectivity index (χ2v) is 3.74. The van der Waals surface area contributed by atoms with Crippen LogP contribution >= 0.6 is 0 Å². The fourth-order valence-corrected chi connectivity index (χ4v) is 1.51. The zero-order valence-electron chi connectivity index (χ0n) is 9.47. The van der Waals surface area contributed by atoms with Gasteiger partial charge in [0.2, 0.25) is 0 Å². The summed E-state index contributed by atoms with van der Waals surface area (Å²) in [7, 11) is 0. The van der Waals surface area contributed by atoms with Crippen LogP contribution in [0.5, 0.6) is 0 Å². The number of benzene rings is 1. The van der Waals surface area contributed by atoms with Crippen molar-refractivity contribution in [3.63, 3.8) is 0 Å². The Balaban J connectivity index is 2.19. The minimum absolute atomic E-state index is 0.224. The summed E-state index contributed by atoms with van der Waals surface area (Å²) in [5.74, 6) is -0.224. The summed E-state index contributed by atoms with van der Waals surface area (Å²) >= 11 is 0. The maximum Gasteiger partial charge on any atom is 0.274 e. The average molecular weight is 227 g/mol. The van der Waals surface area contributed by atoms with E-state index in [1.165, 1.54) is 0 Å². The van der Waals surface area contributed by atoms with Gasteiger partial charge in [-0.05, 0) is 42.8 Å². The number of amides is 1. The third-order valence-corrected chi connectivity index (χ3v) is 2.40. The summed E-state index contributed by atoms with van der Waals surface area (Å²) in [5, 5.41) is 2.80. The zero-order valence-corrected chi connectivity index (χ0v) is 9.47. The number of carbonyl (C=O) groups excluding carboxylic acids is 1. The summed E-state index contributed by atoms with van der Waals surface area (Å²) in [6.07, 6.45) is 1.59. The molecule has 17 heavy (non-hydrogen) atoms. The van der Waals surface area contributed by atoms with Gasteiger partial charge in [-0.2, -0.15) is 0 Å². The number of aromatic nitrogens is 1. The second kappa shape index (κ2) is 4.65. The SMILES string of the molecule is Cc1cc(N)ccc1NC(=O)c1ccccn1. The van der Waals surface area contributed by atoms with Crippen molar-refractivity contribution in [1.29, 1.82) is 0 Å². The molecule has 1 amide bonds. The van der Waals surface area contributed by atoms with Gasteiger partial charge in [0, 0.05) is 17.6 Å². The number of carbonyl (C=O) groups is 1. The van der Waals surface area contributed by atoms with Gasteiger partial charge in [-0.3, -0.25) is 9.78 Å². The highest BCUT2D eigenvalue weighted by Gasteiger charge is 2.07. The summed E-state index contributed by atoms with van der Waals surface area (Å²) in [6.45, 7) is 1.89. The molecule has 2 aromatic rings. The summed E-state index contributed by atoms with van der Waals surface area (Å²) in [4.78, 5) is 15.8. The quantitative estimate of drug-likeness (QED) is 0.773. The molecule has 0 unspecified atom stereocenters. The molecule has 0 aliphatic heterocycles. The van der Waals surface area contributed by atoms with E-state index in [1.54, 1.807) is 36.5 Å². The first-order chi connectivity index (χ1) is 8.16. The fourth-order valence-electron chi connectivity index (χ4n) is 1.51. The number of nitrogen functional groups attached to an aromatic ring is 1. The molecule has 1 aromatic carbocycles. The molecule has 0 bridgehead atoms. The van der Waals surface area contributed by atoms with Crippen molar-refractivity contribution in [1.82, 2.24) is 4.98 Å². The Kier molecular flexibility index (Phi) is 3.05. The van der Waals surface area contributed by atoms with Gasteiger partial charge >= 0.3 is 0 Å². The van der Waals surface area contributed by atoms with Crippen LogP contribution < -0.4 is 11.1 Å². The van der Waals surface area contributed by atoms with Gasteiger partial charge in [-0.25, -0.2) is 0 Å². The molecule has 0 aliphatic carbocycles. The van der Waals surface area contributed by atoms with E-state index in [9.17, 15) is 4.79 Å². The van der Waals surface area contributed by atoms with Crippen LogP contribution in [-0.2, 0) is 0 Å². The van der Waals surface area contributed by atoms with Crippen molar-refractivity contribution in [2.45, 2.75) is 6.92 Å². The van der Waals surface area contributed by atoms with E-state index in [-0.39, 0.29) is 5.91 Å². The Hall–Kier alpha value is -2.36. The van der Waals surface area contributed by atoms with Crippen molar-refractivity contribution in [2.75, 3.05) is 11.1 Å². The highest BCUT2D eigenvalue weighted by molar-refractivity contribution is 6.03. The standard InChI is InChI=1S/C13H13N3O/c1-9-8-10(14)5-6-11(9)16-13(17)12-4-2-3-7-15-12/h2-8H,14H2,1H3,(H,16,17). The largest absolute Gasteiger partial charge is 0.399 e. The molecular weight excluding hydrogens is 214 g/mol. The molecule has 86 valence electrons. The van der Waals surface area contributed by atoms with Crippen LogP contribution in [0, 0.1) is 6.92 Å². The Morgan fingerprint density at radius 2 is 2.12 bits per heavy atom. The van der Waals surface area contributed by atoms with Crippen molar-refractivity contribution < 1.29 is 4.79 Å². The number of anilines is 2. The molecule has 1 aromatic heterocycles. The highest BCUT2D eigenvalue weighted by Crippen LogP contribution is 2.18. The van der Waals surface area contributed by atoms with Gasteiger partial charge in [0.15, 0.2) is 0 Å². The lowest BCUT2D eigenvalue weighted by Crippen LogP contribution is -2.14. The third-order valence-electron chi connectivity index (χ3n) is 2.40. The maximum absolute atomic E-state index is 11.8. The molecule has 0 aliphatic rings. The van der Waals surface area contributed by atoms with E-state index in [0.717, 1.165) is 11.3 Å². The van der Waals surface area contributed by atoms with Gasteiger partial charge in [-0.15, -0.1) is 0 Å². The van der Waals surface area contributed by atoms with Crippen molar-refractivity contribution in [3.8, 4) is 0 Å². The van der Waals surface area contributed by atoms with Crippen molar-refractivity contribution in [2.24, 2.45) is 0 Å². The normalized spacial score (nSPS) is 9.94. The van der Waals surface area contributed by atoms with Gasteiger partial charge < -0.3 is 11.1 Å². The van der Waals surface area contributed by atoms with Crippen LogP contribution in [0.15, 0.2) is 42.6 Å².